The summed E-state index contributed by atoms with van der Waals surface area (Å²) in [5.74, 6) is 0.794. The molecule has 1 amide bonds. The Morgan fingerprint density at radius 2 is 1.94 bits per heavy atom. The first-order valence-corrected chi connectivity index (χ1v) is 10.9. The molecular formula is C25H25N4O4+. The summed E-state index contributed by atoms with van der Waals surface area (Å²) >= 11 is 0. The van der Waals surface area contributed by atoms with Gasteiger partial charge < -0.3 is 19.2 Å². The molecule has 1 saturated heterocycles. The van der Waals surface area contributed by atoms with Gasteiger partial charge in [0, 0.05) is 11.1 Å². The standard InChI is InChI=1S/C25H25N4O4/c1-25(17-30)11-12-28(16-25)13-18-7-9-20(10-8-18)32-21-14-29(15-21)24(31)23-27-26-22(33-23)19-5-3-2-4-6-19/h2-12,16,21,30H,13-15,17H2,1H3/q+1. The van der Waals surface area contributed by atoms with Gasteiger partial charge in [0.05, 0.1) is 25.1 Å². The molecule has 8 heteroatoms. The number of nitrogens with zero attached hydrogens (tertiary/aromatic N) is 4. The molecule has 1 fully saturated rings. The zero-order valence-corrected chi connectivity index (χ0v) is 18.3. The first kappa shape index (κ1) is 21.1. The molecule has 3 heterocycles. The minimum atomic E-state index is -0.291. The molecule has 168 valence electrons. The molecule has 3 aromatic rings. The SMILES string of the molecule is CC1(CO)C=C[N+](Cc2ccc(OC3CN(C(=O)c4nnc(-c5ccccc5)o4)C3)cc2)=C1. The quantitative estimate of drug-likeness (QED) is 0.563. The second-order valence-electron chi connectivity index (χ2n) is 8.65. The topological polar surface area (TPSA) is 91.7 Å². The normalized spacial score (nSPS) is 19.9. The third kappa shape index (κ3) is 4.56. The van der Waals surface area contributed by atoms with Gasteiger partial charge in [-0.3, -0.25) is 4.79 Å². The maximum absolute atomic E-state index is 12.6. The van der Waals surface area contributed by atoms with Crippen LogP contribution in [0, 0.1) is 5.41 Å². The average Bonchev–Trinajstić information content (AvgIpc) is 3.45. The third-order valence-corrected chi connectivity index (χ3v) is 5.80. The Hall–Kier alpha value is -3.78. The van der Waals surface area contributed by atoms with Crippen molar-refractivity contribution in [3.05, 3.63) is 78.3 Å². The van der Waals surface area contributed by atoms with Crippen molar-refractivity contribution >= 4 is 12.1 Å². The highest BCUT2D eigenvalue weighted by Gasteiger charge is 2.35. The molecule has 5 rings (SSSR count). The smallest absolute Gasteiger partial charge is 0.311 e. The van der Waals surface area contributed by atoms with Crippen molar-refractivity contribution in [2.75, 3.05) is 19.7 Å². The third-order valence-electron chi connectivity index (χ3n) is 5.80. The van der Waals surface area contributed by atoms with Crippen LogP contribution in [0.3, 0.4) is 0 Å². The molecule has 33 heavy (non-hydrogen) atoms. The minimum Gasteiger partial charge on any atom is -0.487 e. The predicted molar refractivity (Wildman–Crippen MR) is 121 cm³/mol. The van der Waals surface area contributed by atoms with E-state index in [9.17, 15) is 9.90 Å². The number of amides is 1. The second-order valence-corrected chi connectivity index (χ2v) is 8.65. The molecule has 1 atom stereocenters. The fraction of sp³-hybridized carbons (Fsp3) is 0.280. The lowest BCUT2D eigenvalue weighted by molar-refractivity contribution is -0.467. The molecule has 2 aliphatic heterocycles. The maximum atomic E-state index is 12.6. The van der Waals surface area contributed by atoms with Crippen LogP contribution in [0.4, 0.5) is 0 Å². The molecule has 1 N–H and O–H groups in total. The summed E-state index contributed by atoms with van der Waals surface area (Å²) < 4.78 is 13.6. The van der Waals surface area contributed by atoms with E-state index in [1.807, 2.05) is 80.0 Å². The Labute approximate surface area is 191 Å². The Kier molecular flexibility index (Phi) is 5.51. The minimum absolute atomic E-state index is 0.0123. The number of aliphatic hydroxyl groups excluding tert-OH is 1. The van der Waals surface area contributed by atoms with Crippen LogP contribution in [0.1, 0.15) is 23.2 Å². The van der Waals surface area contributed by atoms with Gasteiger partial charge in [0.15, 0.2) is 19.0 Å². The fourth-order valence-electron chi connectivity index (χ4n) is 3.82. The number of benzene rings is 2. The molecule has 2 aliphatic rings. The van der Waals surface area contributed by atoms with Gasteiger partial charge in [-0.2, -0.15) is 0 Å². The molecule has 0 spiro atoms. The van der Waals surface area contributed by atoms with E-state index < -0.39 is 0 Å². The van der Waals surface area contributed by atoms with E-state index in [0.29, 0.717) is 19.0 Å². The zero-order valence-electron chi connectivity index (χ0n) is 18.3. The van der Waals surface area contributed by atoms with Gasteiger partial charge in [-0.1, -0.05) is 18.2 Å². The molecule has 1 aromatic heterocycles. The van der Waals surface area contributed by atoms with Gasteiger partial charge in [0.1, 0.15) is 11.9 Å². The number of carbonyl (C=O) groups excluding carboxylic acids is 1. The van der Waals surface area contributed by atoms with Gasteiger partial charge >= 0.3 is 11.8 Å². The highest BCUT2D eigenvalue weighted by atomic mass is 16.5. The molecule has 0 aliphatic carbocycles. The van der Waals surface area contributed by atoms with Crippen molar-refractivity contribution in [3.8, 4) is 17.2 Å². The number of aliphatic hydroxyl groups is 1. The summed E-state index contributed by atoms with van der Waals surface area (Å²) in [6, 6.07) is 17.3. The van der Waals surface area contributed by atoms with Gasteiger partial charge in [-0.25, -0.2) is 4.58 Å². The van der Waals surface area contributed by atoms with E-state index in [1.165, 1.54) is 0 Å². The molecular weight excluding hydrogens is 420 g/mol. The number of aromatic nitrogens is 2. The van der Waals surface area contributed by atoms with Crippen LogP contribution in [0.25, 0.3) is 11.5 Å². The largest absolute Gasteiger partial charge is 0.487 e. The number of rotatable bonds is 7. The highest BCUT2D eigenvalue weighted by Crippen LogP contribution is 2.23. The number of likely N-dealkylation sites (tertiary alicyclic amines) is 1. The number of hydrogen-bond donors (Lipinski definition) is 1. The van der Waals surface area contributed by atoms with E-state index in [1.54, 1.807) is 4.90 Å². The lowest BCUT2D eigenvalue weighted by atomic mass is 9.95. The summed E-state index contributed by atoms with van der Waals surface area (Å²) in [7, 11) is 0. The molecule has 1 unspecified atom stereocenters. The second kappa shape index (κ2) is 8.63. The lowest BCUT2D eigenvalue weighted by Crippen LogP contribution is -2.56. The van der Waals surface area contributed by atoms with Crippen LogP contribution >= 0.6 is 0 Å². The van der Waals surface area contributed by atoms with Gasteiger partial charge in [0.25, 0.3) is 0 Å². The Bertz CT molecular complexity index is 1200. The summed E-state index contributed by atoms with van der Waals surface area (Å²) in [5, 5.41) is 17.3. The monoisotopic (exact) mass is 445 g/mol. The van der Waals surface area contributed by atoms with Crippen molar-refractivity contribution in [3.63, 3.8) is 0 Å². The summed E-state index contributed by atoms with van der Waals surface area (Å²) in [5.41, 5.74) is 1.63. The Morgan fingerprint density at radius 3 is 2.64 bits per heavy atom. The van der Waals surface area contributed by atoms with Crippen molar-refractivity contribution < 1.29 is 23.6 Å². The van der Waals surface area contributed by atoms with Crippen molar-refractivity contribution in [2.45, 2.75) is 19.6 Å². The summed E-state index contributed by atoms with van der Waals surface area (Å²) in [6.45, 7) is 3.75. The van der Waals surface area contributed by atoms with Crippen LogP contribution in [0.2, 0.25) is 0 Å². The average molecular weight is 445 g/mol. The molecule has 0 saturated carbocycles. The van der Waals surface area contributed by atoms with E-state index >= 15 is 0 Å². The molecule has 0 radical (unpaired) electrons. The van der Waals surface area contributed by atoms with E-state index in [2.05, 4.69) is 14.8 Å². The van der Waals surface area contributed by atoms with Crippen molar-refractivity contribution in [1.82, 2.24) is 15.1 Å². The first-order chi connectivity index (χ1) is 16.0. The van der Waals surface area contributed by atoms with Crippen LogP contribution in [-0.4, -0.2) is 62.7 Å². The molecule has 2 aromatic carbocycles. The van der Waals surface area contributed by atoms with Crippen LogP contribution in [0.5, 0.6) is 5.75 Å². The van der Waals surface area contributed by atoms with Gasteiger partial charge in [0.2, 0.25) is 5.89 Å². The van der Waals surface area contributed by atoms with Gasteiger partial charge in [-0.15, -0.1) is 10.2 Å². The molecule has 0 bridgehead atoms. The maximum Gasteiger partial charge on any atom is 0.311 e. The fourth-order valence-corrected chi connectivity index (χ4v) is 3.82. The van der Waals surface area contributed by atoms with Crippen LogP contribution < -0.4 is 4.74 Å². The Balaban J connectivity index is 1.12. The highest BCUT2D eigenvalue weighted by molar-refractivity contribution is 5.90. The van der Waals surface area contributed by atoms with E-state index in [4.69, 9.17) is 9.15 Å². The van der Waals surface area contributed by atoms with Crippen molar-refractivity contribution in [2.24, 2.45) is 5.41 Å². The van der Waals surface area contributed by atoms with Crippen molar-refractivity contribution in [1.29, 1.82) is 0 Å². The number of ether oxygens (including phenoxy) is 1. The van der Waals surface area contributed by atoms with Crippen LogP contribution in [0.15, 0.2) is 71.3 Å². The van der Waals surface area contributed by atoms with E-state index in [-0.39, 0.29) is 29.9 Å². The van der Waals surface area contributed by atoms with E-state index in [0.717, 1.165) is 23.4 Å². The van der Waals surface area contributed by atoms with Gasteiger partial charge in [-0.05, 0) is 49.4 Å². The lowest BCUT2D eigenvalue weighted by Gasteiger charge is -2.38. The summed E-state index contributed by atoms with van der Waals surface area (Å²) in [4.78, 5) is 14.2. The summed E-state index contributed by atoms with van der Waals surface area (Å²) in [6.07, 6.45) is 5.96. The zero-order chi connectivity index (χ0) is 22.8. The first-order valence-electron chi connectivity index (χ1n) is 10.9. The predicted octanol–water partition coefficient (Wildman–Crippen LogP) is 2.75. The molecule has 8 nitrogen and oxygen atoms in total. The number of hydrogen-bond acceptors (Lipinski definition) is 6. The Morgan fingerprint density at radius 1 is 1.18 bits per heavy atom. The number of carbonyl (C=O) groups is 1. The van der Waals surface area contributed by atoms with Crippen LogP contribution in [-0.2, 0) is 6.54 Å².